The summed E-state index contributed by atoms with van der Waals surface area (Å²) in [5.74, 6) is 3.29. The van der Waals surface area contributed by atoms with E-state index in [0.29, 0.717) is 6.61 Å². The lowest BCUT2D eigenvalue weighted by molar-refractivity contribution is 0.149. The van der Waals surface area contributed by atoms with E-state index in [-0.39, 0.29) is 6.61 Å². The molecular formula is C14H18BrNO2. The van der Waals surface area contributed by atoms with E-state index in [4.69, 9.17) is 15.9 Å². The minimum absolute atomic E-state index is 0.285. The summed E-state index contributed by atoms with van der Waals surface area (Å²) in [5.41, 5.74) is 1.08. The summed E-state index contributed by atoms with van der Waals surface area (Å²) in [6, 6.07) is 5.88. The van der Waals surface area contributed by atoms with Gasteiger partial charge in [0, 0.05) is 29.7 Å². The number of halogens is 1. The van der Waals surface area contributed by atoms with Crippen molar-refractivity contribution in [3.8, 4) is 18.1 Å². The van der Waals surface area contributed by atoms with Crippen LogP contribution in [0.1, 0.15) is 12.5 Å². The Kier molecular flexibility index (Phi) is 7.51. The molecule has 0 heterocycles. The Morgan fingerprint density at radius 2 is 2.28 bits per heavy atom. The van der Waals surface area contributed by atoms with Gasteiger partial charge < -0.3 is 14.8 Å². The molecule has 0 atom stereocenters. The molecule has 4 heteroatoms. The van der Waals surface area contributed by atoms with Crippen LogP contribution in [-0.4, -0.2) is 26.4 Å². The summed E-state index contributed by atoms with van der Waals surface area (Å²) < 4.78 is 11.8. The molecule has 0 saturated carbocycles. The maximum Gasteiger partial charge on any atom is 0.148 e. The van der Waals surface area contributed by atoms with Gasteiger partial charge in [-0.1, -0.05) is 21.9 Å². The number of benzene rings is 1. The molecule has 1 aromatic rings. The molecule has 98 valence electrons. The first-order chi connectivity index (χ1) is 8.77. The van der Waals surface area contributed by atoms with E-state index in [1.165, 1.54) is 0 Å². The Labute approximate surface area is 117 Å². The number of terminal acetylenes is 1. The summed E-state index contributed by atoms with van der Waals surface area (Å²) >= 11 is 3.45. The number of hydrogen-bond donors (Lipinski definition) is 1. The van der Waals surface area contributed by atoms with Gasteiger partial charge in [-0.3, -0.25) is 0 Å². The molecule has 1 rings (SSSR count). The van der Waals surface area contributed by atoms with Crippen LogP contribution in [0, 0.1) is 12.3 Å². The average molecular weight is 312 g/mol. The van der Waals surface area contributed by atoms with Crippen LogP contribution in [-0.2, 0) is 11.3 Å². The molecule has 0 radical (unpaired) electrons. The van der Waals surface area contributed by atoms with Crippen LogP contribution in [0.25, 0.3) is 0 Å². The normalized spacial score (nSPS) is 10.1. The van der Waals surface area contributed by atoms with Crippen LogP contribution in [0.15, 0.2) is 22.7 Å². The Balaban J connectivity index is 2.51. The standard InChI is InChI=1S/C14H18BrNO2/c1-3-8-18-14-6-5-13(15)10-12(14)11-16-7-9-17-4-2/h1,5-6,10,16H,4,7-9,11H2,2H3. The second-order valence-corrected chi connectivity index (χ2v) is 4.53. The van der Waals surface area contributed by atoms with Crippen LogP contribution in [0.4, 0.5) is 0 Å². The van der Waals surface area contributed by atoms with Gasteiger partial charge in [-0.05, 0) is 25.1 Å². The lowest BCUT2D eigenvalue weighted by atomic mass is 10.2. The molecule has 18 heavy (non-hydrogen) atoms. The molecule has 0 amide bonds. The molecule has 1 N–H and O–H groups in total. The van der Waals surface area contributed by atoms with E-state index in [0.717, 1.165) is 35.5 Å². The van der Waals surface area contributed by atoms with Crippen molar-refractivity contribution in [2.75, 3.05) is 26.4 Å². The van der Waals surface area contributed by atoms with Crippen molar-refractivity contribution in [1.29, 1.82) is 0 Å². The topological polar surface area (TPSA) is 30.5 Å². The highest BCUT2D eigenvalue weighted by molar-refractivity contribution is 9.10. The minimum atomic E-state index is 0.285. The predicted octanol–water partition coefficient (Wildman–Crippen LogP) is 2.59. The van der Waals surface area contributed by atoms with Gasteiger partial charge in [0.05, 0.1) is 6.61 Å². The molecule has 3 nitrogen and oxygen atoms in total. The SMILES string of the molecule is C#CCOc1ccc(Br)cc1CNCCOCC. The first kappa shape index (κ1) is 15.0. The monoisotopic (exact) mass is 311 g/mol. The molecule has 1 aromatic carbocycles. The summed E-state index contributed by atoms with van der Waals surface area (Å²) in [6.45, 7) is 5.27. The van der Waals surface area contributed by atoms with Gasteiger partial charge in [0.15, 0.2) is 0 Å². The zero-order valence-corrected chi connectivity index (χ0v) is 12.1. The van der Waals surface area contributed by atoms with Crippen LogP contribution in [0.5, 0.6) is 5.75 Å². The van der Waals surface area contributed by atoms with E-state index in [9.17, 15) is 0 Å². The van der Waals surface area contributed by atoms with Crippen molar-refractivity contribution in [2.24, 2.45) is 0 Å². The number of rotatable bonds is 8. The first-order valence-electron chi connectivity index (χ1n) is 5.91. The maximum absolute atomic E-state index is 5.49. The van der Waals surface area contributed by atoms with Crippen LogP contribution < -0.4 is 10.1 Å². The number of ether oxygens (including phenoxy) is 2. The third kappa shape index (κ3) is 5.54. The molecule has 0 aliphatic rings. The zero-order valence-electron chi connectivity index (χ0n) is 10.5. The van der Waals surface area contributed by atoms with Gasteiger partial charge in [0.25, 0.3) is 0 Å². The van der Waals surface area contributed by atoms with Gasteiger partial charge in [-0.25, -0.2) is 0 Å². The predicted molar refractivity (Wildman–Crippen MR) is 76.7 cm³/mol. The van der Waals surface area contributed by atoms with Crippen LogP contribution in [0.2, 0.25) is 0 Å². The van der Waals surface area contributed by atoms with Crippen molar-refractivity contribution in [3.63, 3.8) is 0 Å². The summed E-state index contributed by atoms with van der Waals surface area (Å²) in [4.78, 5) is 0. The summed E-state index contributed by atoms with van der Waals surface area (Å²) in [7, 11) is 0. The minimum Gasteiger partial charge on any atom is -0.481 e. The van der Waals surface area contributed by atoms with Gasteiger partial charge in [-0.15, -0.1) is 6.42 Å². The molecule has 0 bridgehead atoms. The second kappa shape index (κ2) is 8.98. The van der Waals surface area contributed by atoms with Crippen LogP contribution in [0.3, 0.4) is 0 Å². The highest BCUT2D eigenvalue weighted by atomic mass is 79.9. The number of hydrogen-bond acceptors (Lipinski definition) is 3. The fraction of sp³-hybridized carbons (Fsp3) is 0.429. The van der Waals surface area contributed by atoms with Gasteiger partial charge in [0.2, 0.25) is 0 Å². The smallest absolute Gasteiger partial charge is 0.148 e. The zero-order chi connectivity index (χ0) is 13.2. The number of nitrogens with one attached hydrogen (secondary N) is 1. The fourth-order valence-corrected chi connectivity index (χ4v) is 1.87. The van der Waals surface area contributed by atoms with Crippen molar-refractivity contribution < 1.29 is 9.47 Å². The highest BCUT2D eigenvalue weighted by Crippen LogP contribution is 2.23. The summed E-state index contributed by atoms with van der Waals surface area (Å²) in [5, 5.41) is 3.30. The van der Waals surface area contributed by atoms with E-state index >= 15 is 0 Å². The first-order valence-corrected chi connectivity index (χ1v) is 6.70. The lowest BCUT2D eigenvalue weighted by Crippen LogP contribution is -2.19. The van der Waals surface area contributed by atoms with Crippen molar-refractivity contribution >= 4 is 15.9 Å². The molecule has 0 spiro atoms. The van der Waals surface area contributed by atoms with Gasteiger partial charge in [-0.2, -0.15) is 0 Å². The molecule has 0 fully saturated rings. The third-order valence-corrected chi connectivity index (χ3v) is 2.77. The lowest BCUT2D eigenvalue weighted by Gasteiger charge is -2.11. The molecule has 0 saturated heterocycles. The quantitative estimate of drug-likeness (QED) is 0.591. The molecular weight excluding hydrogens is 294 g/mol. The van der Waals surface area contributed by atoms with Gasteiger partial charge >= 0.3 is 0 Å². The van der Waals surface area contributed by atoms with Crippen molar-refractivity contribution in [1.82, 2.24) is 5.32 Å². The van der Waals surface area contributed by atoms with E-state index in [1.807, 2.05) is 25.1 Å². The Morgan fingerprint density at radius 1 is 1.44 bits per heavy atom. The third-order valence-electron chi connectivity index (χ3n) is 2.28. The van der Waals surface area contributed by atoms with Crippen molar-refractivity contribution in [2.45, 2.75) is 13.5 Å². The van der Waals surface area contributed by atoms with Gasteiger partial charge in [0.1, 0.15) is 12.4 Å². The molecule has 0 aliphatic heterocycles. The maximum atomic E-state index is 5.49. The highest BCUT2D eigenvalue weighted by Gasteiger charge is 2.04. The molecule has 0 unspecified atom stereocenters. The van der Waals surface area contributed by atoms with E-state index < -0.39 is 0 Å². The second-order valence-electron chi connectivity index (χ2n) is 3.62. The van der Waals surface area contributed by atoms with Crippen molar-refractivity contribution in [3.05, 3.63) is 28.2 Å². The van der Waals surface area contributed by atoms with Crippen LogP contribution >= 0.6 is 15.9 Å². The largest absolute Gasteiger partial charge is 0.481 e. The fourth-order valence-electron chi connectivity index (χ4n) is 1.46. The Morgan fingerprint density at radius 3 is 3.00 bits per heavy atom. The molecule has 0 aliphatic carbocycles. The Bertz CT molecular complexity index is 401. The average Bonchev–Trinajstić information content (AvgIpc) is 2.37. The summed E-state index contributed by atoms with van der Waals surface area (Å²) in [6.07, 6.45) is 5.19. The van der Waals surface area contributed by atoms with E-state index in [1.54, 1.807) is 0 Å². The molecule has 0 aromatic heterocycles. The van der Waals surface area contributed by atoms with E-state index in [2.05, 4.69) is 27.2 Å². The Hall–Kier alpha value is -1.02.